The second-order valence-corrected chi connectivity index (χ2v) is 4.39. The Hall–Kier alpha value is -1.39. The van der Waals surface area contributed by atoms with E-state index in [2.05, 4.69) is 4.90 Å². The van der Waals surface area contributed by atoms with Gasteiger partial charge in [-0.3, -0.25) is 4.79 Å². The minimum absolute atomic E-state index is 0.484. The van der Waals surface area contributed by atoms with Crippen molar-refractivity contribution in [1.29, 1.82) is 0 Å². The van der Waals surface area contributed by atoms with Gasteiger partial charge in [0.25, 0.3) is 0 Å². The lowest BCUT2D eigenvalue weighted by Gasteiger charge is -2.24. The number of likely N-dealkylation sites (N-methyl/N-ethyl adjacent to an activating group) is 1. The number of rotatable bonds is 9. The molecule has 0 aliphatic carbocycles. The Bertz CT molecular complexity index is 367. The van der Waals surface area contributed by atoms with Crippen LogP contribution in [0.4, 0.5) is 0 Å². The van der Waals surface area contributed by atoms with E-state index >= 15 is 0 Å². The Morgan fingerprint density at radius 2 is 2.00 bits per heavy atom. The monoisotopic (exact) mass is 265 g/mol. The first-order valence-electron chi connectivity index (χ1n) is 6.76. The van der Waals surface area contributed by atoms with E-state index in [4.69, 9.17) is 4.74 Å². The molecule has 4 nitrogen and oxygen atoms in total. The Kier molecular flexibility index (Phi) is 7.15. The summed E-state index contributed by atoms with van der Waals surface area (Å²) in [6.45, 7) is 7.44. The van der Waals surface area contributed by atoms with Crippen molar-refractivity contribution in [3.63, 3.8) is 0 Å². The van der Waals surface area contributed by atoms with Gasteiger partial charge in [-0.1, -0.05) is 37.3 Å². The number of aliphatic carboxylic acids is 1. The molecule has 106 valence electrons. The molecule has 1 N–H and O–H groups in total. The van der Waals surface area contributed by atoms with Crippen molar-refractivity contribution < 1.29 is 14.6 Å². The van der Waals surface area contributed by atoms with Gasteiger partial charge in [0, 0.05) is 19.7 Å². The van der Waals surface area contributed by atoms with E-state index in [1.807, 2.05) is 44.2 Å². The molecule has 0 radical (unpaired) electrons. The fourth-order valence-electron chi connectivity index (χ4n) is 1.99. The maximum absolute atomic E-state index is 11.4. The Morgan fingerprint density at radius 3 is 2.53 bits per heavy atom. The highest BCUT2D eigenvalue weighted by molar-refractivity contribution is 5.76. The summed E-state index contributed by atoms with van der Waals surface area (Å²) < 4.78 is 5.32. The molecule has 0 bridgehead atoms. The smallest absolute Gasteiger partial charge is 0.312 e. The molecule has 0 saturated heterocycles. The number of hydrogen-bond acceptors (Lipinski definition) is 3. The summed E-state index contributed by atoms with van der Waals surface area (Å²) in [5.74, 6) is -1.26. The van der Waals surface area contributed by atoms with Crippen LogP contribution in [0.5, 0.6) is 0 Å². The standard InChI is InChI=1S/C15H23NO3/c1-3-16(10-11-19-4-2)12-14(15(17)18)13-8-6-5-7-9-13/h5-9,14H,3-4,10-12H2,1-2H3,(H,17,18). The number of hydrogen-bond donors (Lipinski definition) is 1. The van der Waals surface area contributed by atoms with Crippen LogP contribution in [0.25, 0.3) is 0 Å². The predicted molar refractivity (Wildman–Crippen MR) is 75.4 cm³/mol. The topological polar surface area (TPSA) is 49.8 Å². The summed E-state index contributed by atoms with van der Waals surface area (Å²) in [7, 11) is 0. The van der Waals surface area contributed by atoms with Gasteiger partial charge in [-0.15, -0.1) is 0 Å². The van der Waals surface area contributed by atoms with E-state index < -0.39 is 11.9 Å². The molecule has 1 aromatic carbocycles. The van der Waals surface area contributed by atoms with Gasteiger partial charge in [0.1, 0.15) is 0 Å². The van der Waals surface area contributed by atoms with Gasteiger partial charge < -0.3 is 14.7 Å². The van der Waals surface area contributed by atoms with E-state index in [-0.39, 0.29) is 0 Å². The van der Waals surface area contributed by atoms with Crippen LogP contribution in [0, 0.1) is 0 Å². The zero-order valence-corrected chi connectivity index (χ0v) is 11.7. The molecular formula is C15H23NO3. The molecule has 0 spiro atoms. The molecule has 1 unspecified atom stereocenters. The van der Waals surface area contributed by atoms with Crippen molar-refractivity contribution in [2.24, 2.45) is 0 Å². The molecule has 0 amide bonds. The molecule has 1 rings (SSSR count). The largest absolute Gasteiger partial charge is 0.481 e. The van der Waals surface area contributed by atoms with Crippen LogP contribution in [0.2, 0.25) is 0 Å². The Balaban J connectivity index is 2.64. The van der Waals surface area contributed by atoms with Crippen molar-refractivity contribution in [2.75, 3.05) is 32.8 Å². The number of benzene rings is 1. The van der Waals surface area contributed by atoms with Crippen molar-refractivity contribution in [3.05, 3.63) is 35.9 Å². The van der Waals surface area contributed by atoms with Gasteiger partial charge in [0.05, 0.1) is 12.5 Å². The molecular weight excluding hydrogens is 242 g/mol. The molecule has 0 heterocycles. The summed E-state index contributed by atoms with van der Waals surface area (Å²) in [6, 6.07) is 9.39. The third-order valence-corrected chi connectivity index (χ3v) is 3.14. The van der Waals surface area contributed by atoms with E-state index in [0.717, 1.165) is 18.7 Å². The van der Waals surface area contributed by atoms with Gasteiger partial charge >= 0.3 is 5.97 Å². The second-order valence-electron chi connectivity index (χ2n) is 4.39. The molecule has 19 heavy (non-hydrogen) atoms. The number of carbonyl (C=O) groups is 1. The molecule has 0 saturated carbocycles. The fraction of sp³-hybridized carbons (Fsp3) is 0.533. The van der Waals surface area contributed by atoms with Gasteiger partial charge in [0.2, 0.25) is 0 Å². The van der Waals surface area contributed by atoms with Crippen molar-refractivity contribution in [1.82, 2.24) is 4.90 Å². The van der Waals surface area contributed by atoms with Crippen LogP contribution < -0.4 is 0 Å². The summed E-state index contributed by atoms with van der Waals surface area (Å²) in [4.78, 5) is 13.5. The lowest BCUT2D eigenvalue weighted by molar-refractivity contribution is -0.139. The van der Waals surface area contributed by atoms with E-state index in [1.165, 1.54) is 0 Å². The Labute approximate surface area is 115 Å². The average Bonchev–Trinajstić information content (AvgIpc) is 2.43. The first-order chi connectivity index (χ1) is 9.19. The van der Waals surface area contributed by atoms with E-state index in [1.54, 1.807) is 0 Å². The number of carboxylic acid groups (broad SMARTS) is 1. The minimum Gasteiger partial charge on any atom is -0.481 e. The number of carboxylic acids is 1. The van der Waals surface area contributed by atoms with Gasteiger partial charge in [-0.25, -0.2) is 0 Å². The van der Waals surface area contributed by atoms with Crippen LogP contribution in [0.15, 0.2) is 30.3 Å². The van der Waals surface area contributed by atoms with Crippen molar-refractivity contribution in [2.45, 2.75) is 19.8 Å². The highest BCUT2D eigenvalue weighted by Crippen LogP contribution is 2.17. The van der Waals surface area contributed by atoms with Crippen LogP contribution in [-0.2, 0) is 9.53 Å². The first-order valence-corrected chi connectivity index (χ1v) is 6.76. The summed E-state index contributed by atoms with van der Waals surface area (Å²) in [5.41, 5.74) is 0.852. The quantitative estimate of drug-likeness (QED) is 0.696. The zero-order valence-electron chi connectivity index (χ0n) is 11.7. The summed E-state index contributed by atoms with van der Waals surface area (Å²) in [6.07, 6.45) is 0. The van der Waals surface area contributed by atoms with Gasteiger partial charge in [-0.2, -0.15) is 0 Å². The van der Waals surface area contributed by atoms with E-state index in [0.29, 0.717) is 19.8 Å². The normalized spacial score (nSPS) is 12.6. The van der Waals surface area contributed by atoms with Gasteiger partial charge in [-0.05, 0) is 19.0 Å². The second kappa shape index (κ2) is 8.67. The molecule has 4 heteroatoms. The first kappa shape index (κ1) is 15.7. The van der Waals surface area contributed by atoms with Crippen molar-refractivity contribution in [3.8, 4) is 0 Å². The lowest BCUT2D eigenvalue weighted by Crippen LogP contribution is -2.34. The number of ether oxygens (including phenoxy) is 1. The fourth-order valence-corrected chi connectivity index (χ4v) is 1.99. The molecule has 1 atom stereocenters. The number of nitrogens with zero attached hydrogens (tertiary/aromatic N) is 1. The average molecular weight is 265 g/mol. The predicted octanol–water partition coefficient (Wildman–Crippen LogP) is 2.21. The summed E-state index contributed by atoms with van der Waals surface area (Å²) in [5, 5.41) is 9.38. The SMILES string of the molecule is CCOCCN(CC)CC(C(=O)O)c1ccccc1. The molecule has 0 fully saturated rings. The molecule has 0 aromatic heterocycles. The maximum atomic E-state index is 11.4. The molecule has 0 aliphatic rings. The van der Waals surface area contributed by atoms with E-state index in [9.17, 15) is 9.90 Å². The highest BCUT2D eigenvalue weighted by Gasteiger charge is 2.22. The zero-order chi connectivity index (χ0) is 14.1. The van der Waals surface area contributed by atoms with Crippen LogP contribution >= 0.6 is 0 Å². The molecule has 1 aromatic rings. The van der Waals surface area contributed by atoms with Crippen LogP contribution in [0.1, 0.15) is 25.3 Å². The molecule has 0 aliphatic heterocycles. The highest BCUT2D eigenvalue weighted by atomic mass is 16.5. The van der Waals surface area contributed by atoms with Crippen LogP contribution in [0.3, 0.4) is 0 Å². The lowest BCUT2D eigenvalue weighted by atomic mass is 9.99. The van der Waals surface area contributed by atoms with Crippen molar-refractivity contribution >= 4 is 5.97 Å². The summed E-state index contributed by atoms with van der Waals surface area (Å²) >= 11 is 0. The minimum atomic E-state index is -0.777. The Morgan fingerprint density at radius 1 is 1.32 bits per heavy atom. The van der Waals surface area contributed by atoms with Gasteiger partial charge in [0.15, 0.2) is 0 Å². The van der Waals surface area contributed by atoms with Crippen LogP contribution in [-0.4, -0.2) is 48.8 Å². The third kappa shape index (κ3) is 5.41. The third-order valence-electron chi connectivity index (χ3n) is 3.14. The maximum Gasteiger partial charge on any atom is 0.312 e.